The number of nitrogen functional groups attached to an aromatic ring is 1. The van der Waals surface area contributed by atoms with Crippen LogP contribution < -0.4 is 10.6 Å². The lowest BCUT2D eigenvalue weighted by atomic mass is 10.1. The molecule has 0 bridgehead atoms. The van der Waals surface area contributed by atoms with Crippen molar-refractivity contribution in [3.8, 4) is 0 Å². The van der Waals surface area contributed by atoms with Crippen molar-refractivity contribution in [1.82, 2.24) is 19.9 Å². The number of carbonyl (C=O) groups excluding carboxylic acids is 1. The lowest BCUT2D eigenvalue weighted by Crippen LogP contribution is -2.32. The van der Waals surface area contributed by atoms with E-state index < -0.39 is 15.7 Å². The number of carbonyl (C=O) groups is 1. The molecule has 0 atom stereocenters. The largest absolute Gasteiger partial charge is 0.382 e. The number of nitrogens with zero attached hydrogens (tertiary/aromatic N) is 5. The van der Waals surface area contributed by atoms with Gasteiger partial charge in [-0.25, -0.2) is 28.4 Å². The third-order valence-corrected chi connectivity index (χ3v) is 7.02. The lowest BCUT2D eigenvalue weighted by Gasteiger charge is -2.24. The van der Waals surface area contributed by atoms with Gasteiger partial charge < -0.3 is 10.6 Å². The molecule has 1 aromatic carbocycles. The van der Waals surface area contributed by atoms with E-state index in [1.807, 2.05) is 12.1 Å². The maximum Gasteiger partial charge on any atom is 0.261 e. The highest BCUT2D eigenvalue weighted by Crippen LogP contribution is 2.37. The summed E-state index contributed by atoms with van der Waals surface area (Å²) in [6.07, 6.45) is 7.48. The Morgan fingerprint density at radius 1 is 1.14 bits per heavy atom. The van der Waals surface area contributed by atoms with Gasteiger partial charge in [-0.15, -0.1) is 0 Å². The molecule has 9 nitrogen and oxygen atoms in total. The Morgan fingerprint density at radius 3 is 2.57 bits per heavy atom. The average molecular weight is 509 g/mol. The van der Waals surface area contributed by atoms with Crippen LogP contribution in [0.5, 0.6) is 0 Å². The van der Waals surface area contributed by atoms with Gasteiger partial charge in [0.25, 0.3) is 5.91 Å². The summed E-state index contributed by atoms with van der Waals surface area (Å²) in [5, 5.41) is 0.941. The Labute approximate surface area is 206 Å². The van der Waals surface area contributed by atoms with Crippen LogP contribution in [0.4, 0.5) is 11.5 Å². The van der Waals surface area contributed by atoms with Gasteiger partial charge in [-0.3, -0.25) is 4.79 Å². The number of anilines is 2. The van der Waals surface area contributed by atoms with Crippen LogP contribution in [0.1, 0.15) is 40.5 Å². The minimum absolute atomic E-state index is 0.0531. The minimum atomic E-state index is -3.72. The van der Waals surface area contributed by atoms with Crippen molar-refractivity contribution in [2.45, 2.75) is 30.3 Å². The molecular formula is C24H21ClN6O3S. The highest BCUT2D eigenvalue weighted by molar-refractivity contribution is 7.90. The highest BCUT2D eigenvalue weighted by atomic mass is 35.5. The van der Waals surface area contributed by atoms with Crippen LogP contribution in [0.25, 0.3) is 10.9 Å². The Balaban J connectivity index is 1.58. The third-order valence-electron chi connectivity index (χ3n) is 5.70. The second-order valence-electron chi connectivity index (χ2n) is 8.48. The zero-order valence-electron chi connectivity index (χ0n) is 18.7. The fourth-order valence-electron chi connectivity index (χ4n) is 3.78. The van der Waals surface area contributed by atoms with E-state index in [-0.39, 0.29) is 28.6 Å². The molecule has 3 heterocycles. The first kappa shape index (κ1) is 23.1. The summed E-state index contributed by atoms with van der Waals surface area (Å²) in [7, 11) is -3.72. The van der Waals surface area contributed by atoms with E-state index in [0.29, 0.717) is 27.8 Å². The molecule has 0 spiro atoms. The fraction of sp³-hybridized carbons (Fsp3) is 0.208. The van der Waals surface area contributed by atoms with Gasteiger partial charge in [-0.1, -0.05) is 23.7 Å². The fourth-order valence-corrected chi connectivity index (χ4v) is 4.75. The molecule has 35 heavy (non-hydrogen) atoms. The molecule has 1 fully saturated rings. The summed E-state index contributed by atoms with van der Waals surface area (Å²) < 4.78 is 25.0. The maximum absolute atomic E-state index is 13.7. The second kappa shape index (κ2) is 8.86. The van der Waals surface area contributed by atoms with Crippen molar-refractivity contribution in [3.05, 3.63) is 77.0 Å². The number of hydrogen-bond acceptors (Lipinski definition) is 8. The predicted molar refractivity (Wildman–Crippen MR) is 133 cm³/mol. The van der Waals surface area contributed by atoms with Gasteiger partial charge in [0, 0.05) is 36.2 Å². The molecule has 0 unspecified atom stereocenters. The molecule has 1 aliphatic rings. The molecule has 1 saturated carbocycles. The van der Waals surface area contributed by atoms with E-state index in [0.717, 1.165) is 24.5 Å². The maximum atomic E-state index is 13.7. The van der Waals surface area contributed by atoms with E-state index in [1.54, 1.807) is 24.3 Å². The van der Waals surface area contributed by atoms with Crippen LogP contribution >= 0.6 is 11.6 Å². The van der Waals surface area contributed by atoms with Gasteiger partial charge in [-0.05, 0) is 42.7 Å². The zero-order valence-corrected chi connectivity index (χ0v) is 20.3. The number of amides is 1. The van der Waals surface area contributed by atoms with Crippen LogP contribution in [0.3, 0.4) is 0 Å². The standard InChI is InChI=1S/C24H21ClN6O3S/c1-35(33,34)23-20(3-2-8-27-23)31(24(32)17-11-28-22(29-12-17)15-6-7-15)13-14-4-5-16-10-18(25)21(26)30-19(16)9-14/h2-5,8-12,15H,6-7,13H2,1H3,(H2,26,30). The Hall–Kier alpha value is -3.63. The van der Waals surface area contributed by atoms with Crippen LogP contribution in [-0.4, -0.2) is 40.5 Å². The number of fused-ring (bicyclic) bond motifs is 1. The number of halogens is 1. The quantitative estimate of drug-likeness (QED) is 0.416. The molecule has 0 radical (unpaired) electrons. The third kappa shape index (κ3) is 4.80. The zero-order chi connectivity index (χ0) is 24.7. The van der Waals surface area contributed by atoms with Gasteiger partial charge >= 0.3 is 0 Å². The number of rotatable bonds is 6. The second-order valence-corrected chi connectivity index (χ2v) is 10.8. The minimum Gasteiger partial charge on any atom is -0.382 e. The molecule has 178 valence electrons. The van der Waals surface area contributed by atoms with Crippen molar-refractivity contribution in [2.75, 3.05) is 16.9 Å². The molecule has 4 aromatic rings. The van der Waals surface area contributed by atoms with Crippen LogP contribution in [0.15, 0.2) is 60.0 Å². The highest BCUT2D eigenvalue weighted by Gasteiger charge is 2.28. The molecule has 11 heteroatoms. The summed E-state index contributed by atoms with van der Waals surface area (Å²) in [6, 6.07) is 10.3. The lowest BCUT2D eigenvalue weighted by molar-refractivity contribution is 0.0983. The first-order chi connectivity index (χ1) is 16.7. The normalized spacial score (nSPS) is 13.7. The van der Waals surface area contributed by atoms with E-state index in [2.05, 4.69) is 19.9 Å². The smallest absolute Gasteiger partial charge is 0.261 e. The van der Waals surface area contributed by atoms with Crippen LogP contribution in [-0.2, 0) is 16.4 Å². The summed E-state index contributed by atoms with van der Waals surface area (Å²) in [5.74, 6) is 0.803. The number of hydrogen-bond donors (Lipinski definition) is 1. The van der Waals surface area contributed by atoms with Crippen molar-refractivity contribution >= 4 is 49.8 Å². The monoisotopic (exact) mass is 508 g/mol. The van der Waals surface area contributed by atoms with Gasteiger partial charge in [0.15, 0.2) is 14.9 Å². The Morgan fingerprint density at radius 2 is 1.89 bits per heavy atom. The number of nitrogens with two attached hydrogens (primary N) is 1. The molecule has 1 aliphatic carbocycles. The van der Waals surface area contributed by atoms with Crippen LogP contribution in [0, 0.1) is 0 Å². The van der Waals surface area contributed by atoms with Crippen LogP contribution in [0.2, 0.25) is 5.02 Å². The van der Waals surface area contributed by atoms with Crippen molar-refractivity contribution in [1.29, 1.82) is 0 Å². The first-order valence-corrected chi connectivity index (χ1v) is 13.1. The molecule has 2 N–H and O–H groups in total. The number of pyridine rings is 2. The summed E-state index contributed by atoms with van der Waals surface area (Å²) in [6.45, 7) is 0.0531. The van der Waals surface area contributed by atoms with Gasteiger partial charge in [0.05, 0.1) is 28.3 Å². The van der Waals surface area contributed by atoms with E-state index in [1.165, 1.54) is 23.5 Å². The molecule has 1 amide bonds. The molecule has 0 aliphatic heterocycles. The number of sulfone groups is 1. The summed E-state index contributed by atoms with van der Waals surface area (Å²) in [4.78, 5) is 32.1. The van der Waals surface area contributed by atoms with Gasteiger partial charge in [0.1, 0.15) is 11.6 Å². The number of aromatic nitrogens is 4. The number of benzene rings is 1. The van der Waals surface area contributed by atoms with Crippen molar-refractivity contribution < 1.29 is 13.2 Å². The first-order valence-electron chi connectivity index (χ1n) is 10.8. The Bertz CT molecular complexity index is 1560. The van der Waals surface area contributed by atoms with Gasteiger partial charge in [-0.2, -0.15) is 0 Å². The van der Waals surface area contributed by atoms with E-state index in [9.17, 15) is 13.2 Å². The van der Waals surface area contributed by atoms with E-state index >= 15 is 0 Å². The van der Waals surface area contributed by atoms with Gasteiger partial charge in [0.2, 0.25) is 0 Å². The molecular weight excluding hydrogens is 488 g/mol. The summed E-state index contributed by atoms with van der Waals surface area (Å²) >= 11 is 6.08. The topological polar surface area (TPSA) is 132 Å². The van der Waals surface area contributed by atoms with Crippen molar-refractivity contribution in [3.63, 3.8) is 0 Å². The molecule has 5 rings (SSSR count). The predicted octanol–water partition coefficient (Wildman–Crippen LogP) is 3.78. The molecule has 0 saturated heterocycles. The van der Waals surface area contributed by atoms with Crippen molar-refractivity contribution in [2.24, 2.45) is 0 Å². The average Bonchev–Trinajstić information content (AvgIpc) is 3.68. The summed E-state index contributed by atoms with van der Waals surface area (Å²) in [5.41, 5.74) is 7.57. The molecule has 3 aromatic heterocycles. The SMILES string of the molecule is CS(=O)(=O)c1ncccc1N(Cc1ccc2cc(Cl)c(N)nc2c1)C(=O)c1cnc(C2CC2)nc1. The van der Waals surface area contributed by atoms with E-state index in [4.69, 9.17) is 17.3 Å². The Kier molecular flexibility index (Phi) is 5.86.